The van der Waals surface area contributed by atoms with Crippen molar-refractivity contribution in [2.45, 2.75) is 6.54 Å². The SMILES string of the molecule is CN(Cc1nccs1)c1ccccc1C(N)=NO. The van der Waals surface area contributed by atoms with Crippen LogP contribution in [0.5, 0.6) is 0 Å². The number of nitrogens with zero attached hydrogens (tertiary/aromatic N) is 3. The van der Waals surface area contributed by atoms with Crippen molar-refractivity contribution in [3.8, 4) is 0 Å². The van der Waals surface area contributed by atoms with Crippen LogP contribution in [0.25, 0.3) is 0 Å². The molecule has 0 bridgehead atoms. The highest BCUT2D eigenvalue weighted by Gasteiger charge is 2.11. The molecule has 3 N–H and O–H groups in total. The van der Waals surface area contributed by atoms with Crippen molar-refractivity contribution in [2.75, 3.05) is 11.9 Å². The van der Waals surface area contributed by atoms with Crippen molar-refractivity contribution in [3.63, 3.8) is 0 Å². The van der Waals surface area contributed by atoms with E-state index in [0.717, 1.165) is 10.7 Å². The van der Waals surface area contributed by atoms with Gasteiger partial charge in [0.2, 0.25) is 0 Å². The first kappa shape index (κ1) is 12.4. The van der Waals surface area contributed by atoms with Crippen molar-refractivity contribution in [3.05, 3.63) is 46.4 Å². The van der Waals surface area contributed by atoms with Gasteiger partial charge >= 0.3 is 0 Å². The first-order chi connectivity index (χ1) is 8.72. The topological polar surface area (TPSA) is 74.7 Å². The highest BCUT2D eigenvalue weighted by molar-refractivity contribution is 7.09. The van der Waals surface area contributed by atoms with Crippen LogP contribution in [0.3, 0.4) is 0 Å². The zero-order chi connectivity index (χ0) is 13.0. The molecule has 0 saturated heterocycles. The molecule has 0 aliphatic heterocycles. The third-order valence-electron chi connectivity index (χ3n) is 2.55. The van der Waals surface area contributed by atoms with Gasteiger partial charge in [-0.2, -0.15) is 0 Å². The summed E-state index contributed by atoms with van der Waals surface area (Å²) in [5, 5.41) is 14.8. The first-order valence-corrected chi connectivity index (χ1v) is 6.26. The zero-order valence-electron chi connectivity index (χ0n) is 9.95. The summed E-state index contributed by atoms with van der Waals surface area (Å²) >= 11 is 1.60. The number of amidine groups is 1. The van der Waals surface area contributed by atoms with Gasteiger partial charge in [0.25, 0.3) is 0 Å². The van der Waals surface area contributed by atoms with Crippen molar-refractivity contribution in [2.24, 2.45) is 10.9 Å². The van der Waals surface area contributed by atoms with E-state index in [1.54, 1.807) is 17.5 Å². The molecule has 5 nitrogen and oxygen atoms in total. The number of hydrogen-bond acceptors (Lipinski definition) is 5. The number of hydrogen-bond donors (Lipinski definition) is 2. The van der Waals surface area contributed by atoms with Crippen molar-refractivity contribution < 1.29 is 5.21 Å². The minimum atomic E-state index is 0.108. The van der Waals surface area contributed by atoms with E-state index in [1.807, 2.05) is 41.6 Å². The smallest absolute Gasteiger partial charge is 0.172 e. The van der Waals surface area contributed by atoms with Gasteiger partial charge in [0.05, 0.1) is 6.54 Å². The van der Waals surface area contributed by atoms with E-state index in [0.29, 0.717) is 12.1 Å². The first-order valence-electron chi connectivity index (χ1n) is 5.39. The number of rotatable bonds is 4. The molecule has 0 saturated carbocycles. The Morgan fingerprint density at radius 3 is 2.94 bits per heavy atom. The average Bonchev–Trinajstić information content (AvgIpc) is 2.90. The van der Waals surface area contributed by atoms with Gasteiger partial charge in [-0.05, 0) is 12.1 Å². The molecule has 18 heavy (non-hydrogen) atoms. The molecule has 1 aromatic carbocycles. The molecule has 0 aliphatic carbocycles. The predicted molar refractivity (Wildman–Crippen MR) is 73.2 cm³/mol. The average molecular weight is 262 g/mol. The maximum absolute atomic E-state index is 8.79. The van der Waals surface area contributed by atoms with Crippen molar-refractivity contribution in [1.82, 2.24) is 4.98 Å². The molecule has 1 heterocycles. The molecule has 94 valence electrons. The number of thiazole rings is 1. The van der Waals surface area contributed by atoms with Gasteiger partial charge in [-0.25, -0.2) is 4.98 Å². The molecule has 1 aromatic heterocycles. The molecule has 0 radical (unpaired) electrons. The Labute approximate surface area is 109 Å². The Morgan fingerprint density at radius 1 is 1.50 bits per heavy atom. The van der Waals surface area contributed by atoms with Crippen LogP contribution >= 0.6 is 11.3 Å². The van der Waals surface area contributed by atoms with E-state index >= 15 is 0 Å². The fourth-order valence-electron chi connectivity index (χ4n) is 1.70. The number of para-hydroxylation sites is 1. The molecular weight excluding hydrogens is 248 g/mol. The van der Waals surface area contributed by atoms with E-state index in [4.69, 9.17) is 10.9 Å². The van der Waals surface area contributed by atoms with E-state index < -0.39 is 0 Å². The van der Waals surface area contributed by atoms with Gasteiger partial charge in [0.1, 0.15) is 5.01 Å². The van der Waals surface area contributed by atoms with Crippen LogP contribution in [0.15, 0.2) is 41.0 Å². The lowest BCUT2D eigenvalue weighted by Crippen LogP contribution is -2.22. The molecule has 0 fully saturated rings. The summed E-state index contributed by atoms with van der Waals surface area (Å²) in [5.41, 5.74) is 7.28. The number of aromatic nitrogens is 1. The van der Waals surface area contributed by atoms with Crippen LogP contribution in [-0.4, -0.2) is 23.1 Å². The van der Waals surface area contributed by atoms with Gasteiger partial charge < -0.3 is 15.8 Å². The number of nitrogens with two attached hydrogens (primary N) is 1. The Balaban J connectivity index is 2.27. The maximum atomic E-state index is 8.79. The molecular formula is C12H14N4OS. The van der Waals surface area contributed by atoms with E-state index in [1.165, 1.54) is 0 Å². The maximum Gasteiger partial charge on any atom is 0.172 e. The van der Waals surface area contributed by atoms with Gasteiger partial charge in [-0.3, -0.25) is 0 Å². The lowest BCUT2D eigenvalue weighted by atomic mass is 10.1. The summed E-state index contributed by atoms with van der Waals surface area (Å²) < 4.78 is 0. The summed E-state index contributed by atoms with van der Waals surface area (Å²) in [7, 11) is 1.95. The largest absolute Gasteiger partial charge is 0.409 e. The summed E-state index contributed by atoms with van der Waals surface area (Å²) in [6.07, 6.45) is 1.78. The predicted octanol–water partition coefficient (Wildman–Crippen LogP) is 1.87. The third kappa shape index (κ3) is 2.60. The van der Waals surface area contributed by atoms with Crippen molar-refractivity contribution >= 4 is 22.9 Å². The summed E-state index contributed by atoms with van der Waals surface area (Å²) in [6, 6.07) is 7.53. The molecule has 2 rings (SSSR count). The van der Waals surface area contributed by atoms with E-state index in [2.05, 4.69) is 10.1 Å². The Bertz CT molecular complexity index is 539. The number of benzene rings is 1. The van der Waals surface area contributed by atoms with Crippen LogP contribution in [-0.2, 0) is 6.54 Å². The Kier molecular flexibility index (Phi) is 3.78. The van der Waals surface area contributed by atoms with Crippen LogP contribution in [0.4, 0.5) is 5.69 Å². The summed E-state index contributed by atoms with van der Waals surface area (Å²) in [4.78, 5) is 6.26. The van der Waals surface area contributed by atoms with Crippen LogP contribution in [0.1, 0.15) is 10.6 Å². The molecule has 0 unspecified atom stereocenters. The quantitative estimate of drug-likeness (QED) is 0.382. The van der Waals surface area contributed by atoms with Crippen molar-refractivity contribution in [1.29, 1.82) is 0 Å². The molecule has 6 heteroatoms. The standard InChI is InChI=1S/C12H14N4OS/c1-16(8-11-14-6-7-18-11)10-5-3-2-4-9(10)12(13)15-17/h2-7,17H,8H2,1H3,(H2,13,15). The molecule has 0 atom stereocenters. The summed E-state index contributed by atoms with van der Waals surface area (Å²) in [5.74, 6) is 0.108. The molecule has 0 spiro atoms. The van der Waals surface area contributed by atoms with E-state index in [9.17, 15) is 0 Å². The normalized spacial score (nSPS) is 11.5. The van der Waals surface area contributed by atoms with E-state index in [-0.39, 0.29) is 5.84 Å². The number of oxime groups is 1. The monoisotopic (exact) mass is 262 g/mol. The minimum absolute atomic E-state index is 0.108. The fraction of sp³-hybridized carbons (Fsp3) is 0.167. The number of anilines is 1. The van der Waals surface area contributed by atoms with Gasteiger partial charge in [-0.15, -0.1) is 11.3 Å². The van der Waals surface area contributed by atoms with Gasteiger partial charge in [-0.1, -0.05) is 17.3 Å². The second kappa shape index (κ2) is 5.50. The third-order valence-corrected chi connectivity index (χ3v) is 3.32. The van der Waals surface area contributed by atoms with Crippen LogP contribution in [0.2, 0.25) is 0 Å². The van der Waals surface area contributed by atoms with Gasteiger partial charge in [0, 0.05) is 29.9 Å². The zero-order valence-corrected chi connectivity index (χ0v) is 10.8. The Morgan fingerprint density at radius 2 is 2.28 bits per heavy atom. The Hall–Kier alpha value is -2.08. The molecule has 0 aliphatic rings. The summed E-state index contributed by atoms with van der Waals surface area (Å²) in [6.45, 7) is 0.688. The lowest BCUT2D eigenvalue weighted by Gasteiger charge is -2.20. The van der Waals surface area contributed by atoms with Crippen LogP contribution < -0.4 is 10.6 Å². The minimum Gasteiger partial charge on any atom is -0.409 e. The van der Waals surface area contributed by atoms with Crippen LogP contribution in [0, 0.1) is 0 Å². The highest BCUT2D eigenvalue weighted by atomic mass is 32.1. The lowest BCUT2D eigenvalue weighted by molar-refractivity contribution is 0.318. The highest BCUT2D eigenvalue weighted by Crippen LogP contribution is 2.21. The fourth-order valence-corrected chi connectivity index (χ4v) is 2.36. The second-order valence-electron chi connectivity index (χ2n) is 3.78. The molecule has 2 aromatic rings. The molecule has 0 amide bonds. The van der Waals surface area contributed by atoms with Gasteiger partial charge in [0.15, 0.2) is 5.84 Å². The second-order valence-corrected chi connectivity index (χ2v) is 4.76.